The van der Waals surface area contributed by atoms with Gasteiger partial charge in [-0.3, -0.25) is 9.69 Å². The molecule has 0 unspecified atom stereocenters. The summed E-state index contributed by atoms with van der Waals surface area (Å²) in [4.78, 5) is 17.1. The Morgan fingerprint density at radius 2 is 1.80 bits per heavy atom. The van der Waals surface area contributed by atoms with Crippen molar-refractivity contribution in [1.82, 2.24) is 4.90 Å². The zero-order valence-electron chi connectivity index (χ0n) is 17.5. The lowest BCUT2D eigenvalue weighted by atomic mass is 10.1. The van der Waals surface area contributed by atoms with Crippen LogP contribution in [0.3, 0.4) is 0 Å². The third-order valence-electron chi connectivity index (χ3n) is 6.25. The van der Waals surface area contributed by atoms with Gasteiger partial charge in [0.2, 0.25) is 0 Å². The molecule has 1 aliphatic carbocycles. The van der Waals surface area contributed by atoms with E-state index in [9.17, 15) is 4.79 Å². The fourth-order valence-corrected chi connectivity index (χ4v) is 4.35. The molecule has 2 heterocycles. The number of hydrogen-bond acceptors (Lipinski definition) is 4. The van der Waals surface area contributed by atoms with Gasteiger partial charge < -0.3 is 14.4 Å². The number of carbonyl (C=O) groups is 1. The van der Waals surface area contributed by atoms with Crippen LogP contribution in [-0.4, -0.2) is 37.6 Å². The Hall–Kier alpha value is -2.79. The zero-order valence-corrected chi connectivity index (χ0v) is 17.5. The predicted octanol–water partition coefficient (Wildman–Crippen LogP) is 4.48. The molecule has 0 bridgehead atoms. The van der Waals surface area contributed by atoms with Gasteiger partial charge in [0.25, 0.3) is 5.91 Å². The molecular formula is C25H28N2O3. The maximum atomic E-state index is 12.9. The lowest BCUT2D eigenvalue weighted by molar-refractivity contribution is -0.116. The highest BCUT2D eigenvalue weighted by Crippen LogP contribution is 2.40. The normalized spacial score (nSPS) is 19.3. The van der Waals surface area contributed by atoms with Crippen LogP contribution in [0.1, 0.15) is 42.7 Å². The topological polar surface area (TPSA) is 42.0 Å². The Morgan fingerprint density at radius 1 is 1.03 bits per heavy atom. The third kappa shape index (κ3) is 3.94. The van der Waals surface area contributed by atoms with E-state index < -0.39 is 0 Å². The maximum Gasteiger partial charge on any atom is 0.294 e. The van der Waals surface area contributed by atoms with Crippen LogP contribution in [0.5, 0.6) is 11.5 Å². The highest BCUT2D eigenvalue weighted by molar-refractivity contribution is 6.07. The van der Waals surface area contributed by atoms with Crippen LogP contribution in [-0.2, 0) is 11.3 Å². The Bertz CT molecular complexity index is 957. The number of benzene rings is 2. The van der Waals surface area contributed by atoms with Crippen molar-refractivity contribution in [2.45, 2.75) is 38.1 Å². The first-order valence-electron chi connectivity index (χ1n) is 10.9. The summed E-state index contributed by atoms with van der Waals surface area (Å²) in [6.45, 7) is 3.67. The van der Waals surface area contributed by atoms with Crippen LogP contribution in [0.25, 0.3) is 0 Å². The molecular weight excluding hydrogens is 376 g/mol. The minimum atomic E-state index is -0.115. The predicted molar refractivity (Wildman–Crippen MR) is 117 cm³/mol. The second kappa shape index (κ2) is 8.15. The second-order valence-electron chi connectivity index (χ2n) is 8.41. The quantitative estimate of drug-likeness (QED) is 0.682. The van der Waals surface area contributed by atoms with Gasteiger partial charge in [-0.2, -0.15) is 0 Å². The van der Waals surface area contributed by atoms with Crippen molar-refractivity contribution in [2.75, 3.05) is 31.6 Å². The molecule has 0 spiro atoms. The summed E-state index contributed by atoms with van der Waals surface area (Å²) >= 11 is 0. The SMILES string of the molecule is COc1cc(N2CC=C(Oc3ccc(C4CC4)cc3)C2=O)ccc1CN1CCCC1. The number of carbonyl (C=O) groups excluding carboxylic acids is 1. The maximum absolute atomic E-state index is 12.9. The van der Waals surface area contributed by atoms with E-state index in [0.717, 1.165) is 36.6 Å². The lowest BCUT2D eigenvalue weighted by Crippen LogP contribution is -2.28. The summed E-state index contributed by atoms with van der Waals surface area (Å²) in [5.74, 6) is 2.52. The van der Waals surface area contributed by atoms with Gasteiger partial charge in [0.15, 0.2) is 5.76 Å². The molecule has 0 atom stereocenters. The molecule has 0 aromatic heterocycles. The Morgan fingerprint density at radius 3 is 2.50 bits per heavy atom. The summed E-state index contributed by atoms with van der Waals surface area (Å²) in [5, 5.41) is 0. The summed E-state index contributed by atoms with van der Waals surface area (Å²) in [6, 6.07) is 14.2. The molecule has 2 aromatic carbocycles. The molecule has 2 aliphatic heterocycles. The summed E-state index contributed by atoms with van der Waals surface area (Å²) in [7, 11) is 1.69. The van der Waals surface area contributed by atoms with E-state index in [1.54, 1.807) is 12.0 Å². The van der Waals surface area contributed by atoms with Crippen LogP contribution in [0.2, 0.25) is 0 Å². The number of ether oxygens (including phenoxy) is 2. The second-order valence-corrected chi connectivity index (χ2v) is 8.41. The fourth-order valence-electron chi connectivity index (χ4n) is 4.35. The molecule has 3 aliphatic rings. The van der Waals surface area contributed by atoms with Crippen molar-refractivity contribution in [2.24, 2.45) is 0 Å². The molecule has 1 saturated heterocycles. The molecule has 1 amide bonds. The van der Waals surface area contributed by atoms with Crippen LogP contribution >= 0.6 is 0 Å². The third-order valence-corrected chi connectivity index (χ3v) is 6.25. The molecule has 2 aromatic rings. The van der Waals surface area contributed by atoms with E-state index in [0.29, 0.717) is 24.0 Å². The van der Waals surface area contributed by atoms with Crippen LogP contribution in [0.15, 0.2) is 54.3 Å². The average molecular weight is 405 g/mol. The number of likely N-dealkylation sites (tertiary alicyclic amines) is 1. The lowest BCUT2D eigenvalue weighted by Gasteiger charge is -2.21. The van der Waals surface area contributed by atoms with Crippen LogP contribution in [0, 0.1) is 0 Å². The first kappa shape index (κ1) is 19.2. The monoisotopic (exact) mass is 404 g/mol. The van der Waals surface area contributed by atoms with Crippen molar-refractivity contribution in [3.8, 4) is 11.5 Å². The molecule has 5 heteroatoms. The first-order chi connectivity index (χ1) is 14.7. The Kier molecular flexibility index (Phi) is 5.21. The van der Waals surface area contributed by atoms with Gasteiger partial charge >= 0.3 is 0 Å². The van der Waals surface area contributed by atoms with Crippen LogP contribution in [0.4, 0.5) is 5.69 Å². The largest absolute Gasteiger partial charge is 0.496 e. The minimum Gasteiger partial charge on any atom is -0.496 e. The van der Waals surface area contributed by atoms with Crippen molar-refractivity contribution in [3.63, 3.8) is 0 Å². The standard InChI is InChI=1S/C25H28N2O3/c1-29-24-16-21(9-6-20(24)17-26-13-2-3-14-26)27-15-12-23(25(27)28)30-22-10-7-19(8-11-22)18-4-5-18/h6-12,16,18H,2-5,13-15,17H2,1H3. The molecule has 5 nitrogen and oxygen atoms in total. The van der Waals surface area contributed by atoms with Crippen molar-refractivity contribution in [1.29, 1.82) is 0 Å². The van der Waals surface area contributed by atoms with Gasteiger partial charge in [-0.25, -0.2) is 0 Å². The molecule has 1 saturated carbocycles. The van der Waals surface area contributed by atoms with Gasteiger partial charge in [0.05, 0.1) is 7.11 Å². The van der Waals surface area contributed by atoms with Gasteiger partial charge in [0, 0.05) is 30.4 Å². The molecule has 0 radical (unpaired) electrons. The number of amides is 1. The van der Waals surface area contributed by atoms with Crippen molar-refractivity contribution in [3.05, 3.63) is 65.4 Å². The number of anilines is 1. The minimum absolute atomic E-state index is 0.115. The van der Waals surface area contributed by atoms with E-state index in [-0.39, 0.29) is 5.91 Å². The van der Waals surface area contributed by atoms with Crippen molar-refractivity contribution >= 4 is 11.6 Å². The zero-order chi connectivity index (χ0) is 20.5. The fraction of sp³-hybridized carbons (Fsp3) is 0.400. The molecule has 2 fully saturated rings. The highest BCUT2D eigenvalue weighted by Gasteiger charge is 2.28. The van der Waals surface area contributed by atoms with E-state index >= 15 is 0 Å². The number of methoxy groups -OCH3 is 1. The van der Waals surface area contributed by atoms with E-state index in [4.69, 9.17) is 9.47 Å². The van der Waals surface area contributed by atoms with E-state index in [1.807, 2.05) is 30.3 Å². The number of rotatable bonds is 7. The van der Waals surface area contributed by atoms with Crippen molar-refractivity contribution < 1.29 is 14.3 Å². The molecule has 5 rings (SSSR count). The number of nitrogens with zero attached hydrogens (tertiary/aromatic N) is 2. The summed E-state index contributed by atoms with van der Waals surface area (Å²) < 4.78 is 11.5. The smallest absolute Gasteiger partial charge is 0.294 e. The molecule has 0 N–H and O–H groups in total. The Labute approximate surface area is 177 Å². The Balaban J connectivity index is 1.26. The highest BCUT2D eigenvalue weighted by atomic mass is 16.5. The van der Waals surface area contributed by atoms with Crippen LogP contribution < -0.4 is 14.4 Å². The van der Waals surface area contributed by atoms with Gasteiger partial charge in [-0.15, -0.1) is 0 Å². The number of hydrogen-bond donors (Lipinski definition) is 0. The van der Waals surface area contributed by atoms with Gasteiger partial charge in [-0.05, 0) is 74.5 Å². The van der Waals surface area contributed by atoms with Gasteiger partial charge in [-0.1, -0.05) is 18.2 Å². The van der Waals surface area contributed by atoms with E-state index in [1.165, 1.54) is 31.2 Å². The summed E-state index contributed by atoms with van der Waals surface area (Å²) in [5.41, 5.74) is 3.35. The first-order valence-corrected chi connectivity index (χ1v) is 10.9. The average Bonchev–Trinajstić information content (AvgIpc) is 3.39. The van der Waals surface area contributed by atoms with Gasteiger partial charge in [0.1, 0.15) is 11.5 Å². The molecule has 30 heavy (non-hydrogen) atoms. The van der Waals surface area contributed by atoms with E-state index in [2.05, 4.69) is 23.1 Å². The summed E-state index contributed by atoms with van der Waals surface area (Å²) in [6.07, 6.45) is 6.93. The molecule has 156 valence electrons.